The highest BCUT2D eigenvalue weighted by molar-refractivity contribution is 5.92. The molecule has 100 valence electrons. The molecule has 6 heteroatoms. The van der Waals surface area contributed by atoms with Crippen molar-refractivity contribution in [2.24, 2.45) is 5.73 Å². The Hall–Kier alpha value is -2.89. The van der Waals surface area contributed by atoms with Crippen molar-refractivity contribution < 1.29 is 9.21 Å². The first kappa shape index (κ1) is 12.2. The second-order valence-corrected chi connectivity index (χ2v) is 4.30. The highest BCUT2D eigenvalue weighted by Crippen LogP contribution is 2.15. The van der Waals surface area contributed by atoms with Crippen molar-refractivity contribution in [3.8, 4) is 5.69 Å². The van der Waals surface area contributed by atoms with Gasteiger partial charge in [0.2, 0.25) is 0 Å². The van der Waals surface area contributed by atoms with Crippen LogP contribution >= 0.6 is 0 Å². The van der Waals surface area contributed by atoms with E-state index in [1.54, 1.807) is 10.9 Å². The van der Waals surface area contributed by atoms with Gasteiger partial charge in [0.25, 0.3) is 5.91 Å². The van der Waals surface area contributed by atoms with E-state index in [9.17, 15) is 4.79 Å². The van der Waals surface area contributed by atoms with E-state index >= 15 is 0 Å². The largest absolute Gasteiger partial charge is 0.451 e. The molecule has 0 fully saturated rings. The molecule has 0 unspecified atom stereocenters. The zero-order valence-corrected chi connectivity index (χ0v) is 10.6. The SMILES string of the molecule is NC(=O)c1nn(-c2ccccc2)cc1Cc1cocn1. The molecule has 0 radical (unpaired) electrons. The minimum Gasteiger partial charge on any atom is -0.451 e. The number of nitrogens with zero attached hydrogens (tertiary/aromatic N) is 3. The van der Waals surface area contributed by atoms with Gasteiger partial charge in [0.05, 0.1) is 11.4 Å². The first-order chi connectivity index (χ1) is 9.74. The average Bonchev–Trinajstić information content (AvgIpc) is 3.10. The van der Waals surface area contributed by atoms with Gasteiger partial charge in [0.15, 0.2) is 12.1 Å². The summed E-state index contributed by atoms with van der Waals surface area (Å²) in [4.78, 5) is 15.5. The third-order valence-corrected chi connectivity index (χ3v) is 2.90. The summed E-state index contributed by atoms with van der Waals surface area (Å²) in [5.41, 5.74) is 7.93. The van der Waals surface area contributed by atoms with Gasteiger partial charge in [0, 0.05) is 18.2 Å². The Bertz CT molecular complexity index is 717. The van der Waals surface area contributed by atoms with Crippen LogP contribution in [0, 0.1) is 0 Å². The Labute approximate surface area is 114 Å². The second-order valence-electron chi connectivity index (χ2n) is 4.30. The van der Waals surface area contributed by atoms with E-state index in [-0.39, 0.29) is 5.69 Å². The number of nitrogens with two attached hydrogens (primary N) is 1. The number of hydrogen-bond donors (Lipinski definition) is 1. The summed E-state index contributed by atoms with van der Waals surface area (Å²) in [6.07, 6.45) is 5.11. The number of carbonyl (C=O) groups is 1. The third-order valence-electron chi connectivity index (χ3n) is 2.90. The fourth-order valence-corrected chi connectivity index (χ4v) is 1.98. The van der Waals surface area contributed by atoms with Gasteiger partial charge in [0.1, 0.15) is 6.26 Å². The normalized spacial score (nSPS) is 10.6. The summed E-state index contributed by atoms with van der Waals surface area (Å²) < 4.78 is 6.56. The lowest BCUT2D eigenvalue weighted by Gasteiger charge is -1.98. The Morgan fingerprint density at radius 1 is 1.30 bits per heavy atom. The summed E-state index contributed by atoms with van der Waals surface area (Å²) >= 11 is 0. The first-order valence-electron chi connectivity index (χ1n) is 6.05. The quantitative estimate of drug-likeness (QED) is 0.777. The third kappa shape index (κ3) is 2.31. The minimum atomic E-state index is -0.557. The number of aromatic nitrogens is 3. The zero-order valence-electron chi connectivity index (χ0n) is 10.6. The van der Waals surface area contributed by atoms with Gasteiger partial charge in [-0.15, -0.1) is 0 Å². The molecular formula is C14H12N4O2. The van der Waals surface area contributed by atoms with E-state index in [4.69, 9.17) is 10.2 Å². The minimum absolute atomic E-state index is 0.247. The van der Waals surface area contributed by atoms with Gasteiger partial charge in [-0.1, -0.05) is 18.2 Å². The van der Waals surface area contributed by atoms with Crippen LogP contribution in [-0.4, -0.2) is 20.7 Å². The standard InChI is InChI=1S/C14H12N4O2/c15-14(19)13-10(6-11-8-20-9-16-11)7-18(17-13)12-4-2-1-3-5-12/h1-5,7-9H,6H2,(H2,15,19). The van der Waals surface area contributed by atoms with Gasteiger partial charge in [-0.05, 0) is 12.1 Å². The molecule has 3 aromatic rings. The van der Waals surface area contributed by atoms with Crippen molar-refractivity contribution in [2.75, 3.05) is 0 Å². The zero-order chi connectivity index (χ0) is 13.9. The molecule has 0 saturated heterocycles. The van der Waals surface area contributed by atoms with Crippen LogP contribution < -0.4 is 5.73 Å². The summed E-state index contributed by atoms with van der Waals surface area (Å²) in [6, 6.07) is 9.52. The lowest BCUT2D eigenvalue weighted by Crippen LogP contribution is -2.14. The lowest BCUT2D eigenvalue weighted by molar-refractivity contribution is 0.0994. The molecule has 2 N–H and O–H groups in total. The van der Waals surface area contributed by atoms with Crippen LogP contribution in [0.25, 0.3) is 5.69 Å². The molecule has 0 aliphatic rings. The number of carbonyl (C=O) groups excluding carboxylic acids is 1. The maximum Gasteiger partial charge on any atom is 0.269 e. The molecule has 0 atom stereocenters. The molecule has 2 heterocycles. The fourth-order valence-electron chi connectivity index (χ4n) is 1.98. The molecule has 1 aromatic carbocycles. The van der Waals surface area contributed by atoms with Crippen molar-refractivity contribution in [3.05, 3.63) is 66.1 Å². The molecule has 1 amide bonds. The molecule has 0 saturated carbocycles. The molecule has 0 spiro atoms. The van der Waals surface area contributed by atoms with Gasteiger partial charge in [-0.3, -0.25) is 4.79 Å². The van der Waals surface area contributed by atoms with Crippen LogP contribution in [0.4, 0.5) is 0 Å². The van der Waals surface area contributed by atoms with Crippen molar-refractivity contribution in [1.82, 2.24) is 14.8 Å². The van der Waals surface area contributed by atoms with E-state index in [1.165, 1.54) is 12.7 Å². The van der Waals surface area contributed by atoms with Crippen LogP contribution in [-0.2, 0) is 6.42 Å². The molecule has 0 bridgehead atoms. The van der Waals surface area contributed by atoms with Crippen LogP contribution in [0.2, 0.25) is 0 Å². The van der Waals surface area contributed by atoms with Crippen LogP contribution in [0.5, 0.6) is 0 Å². The number of benzene rings is 1. The molecule has 2 aromatic heterocycles. The molecule has 0 aliphatic heterocycles. The number of para-hydroxylation sites is 1. The monoisotopic (exact) mass is 268 g/mol. The predicted molar refractivity (Wildman–Crippen MR) is 71.4 cm³/mol. The van der Waals surface area contributed by atoms with Gasteiger partial charge >= 0.3 is 0 Å². The van der Waals surface area contributed by atoms with Gasteiger partial charge < -0.3 is 10.2 Å². The van der Waals surface area contributed by atoms with Crippen LogP contribution in [0.3, 0.4) is 0 Å². The van der Waals surface area contributed by atoms with E-state index < -0.39 is 5.91 Å². The topological polar surface area (TPSA) is 86.9 Å². The number of rotatable bonds is 4. The lowest BCUT2D eigenvalue weighted by atomic mass is 10.1. The molecule has 20 heavy (non-hydrogen) atoms. The maximum absolute atomic E-state index is 11.5. The van der Waals surface area contributed by atoms with Gasteiger partial charge in [-0.25, -0.2) is 9.67 Å². The highest BCUT2D eigenvalue weighted by Gasteiger charge is 2.16. The van der Waals surface area contributed by atoms with E-state index in [2.05, 4.69) is 10.1 Å². The number of hydrogen-bond acceptors (Lipinski definition) is 4. The smallest absolute Gasteiger partial charge is 0.269 e. The van der Waals surface area contributed by atoms with Crippen molar-refractivity contribution in [1.29, 1.82) is 0 Å². The molecule has 6 nitrogen and oxygen atoms in total. The number of primary amides is 1. The van der Waals surface area contributed by atoms with Crippen molar-refractivity contribution in [3.63, 3.8) is 0 Å². The molecule has 0 aliphatic carbocycles. The highest BCUT2D eigenvalue weighted by atomic mass is 16.3. The van der Waals surface area contributed by atoms with Crippen molar-refractivity contribution >= 4 is 5.91 Å². The summed E-state index contributed by atoms with van der Waals surface area (Å²) in [6.45, 7) is 0. The Kier molecular flexibility index (Phi) is 3.04. The Morgan fingerprint density at radius 3 is 2.75 bits per heavy atom. The van der Waals surface area contributed by atoms with Crippen LogP contribution in [0.15, 0.2) is 53.6 Å². The van der Waals surface area contributed by atoms with E-state index in [1.807, 2.05) is 30.3 Å². The van der Waals surface area contributed by atoms with E-state index in [0.29, 0.717) is 6.42 Å². The average molecular weight is 268 g/mol. The summed E-state index contributed by atoms with van der Waals surface area (Å²) in [7, 11) is 0. The second kappa shape index (κ2) is 5.00. The van der Waals surface area contributed by atoms with E-state index in [0.717, 1.165) is 16.9 Å². The predicted octanol–water partition coefficient (Wildman–Crippen LogP) is 1.55. The molecule has 3 rings (SSSR count). The fraction of sp³-hybridized carbons (Fsp3) is 0.0714. The molecular weight excluding hydrogens is 256 g/mol. The Morgan fingerprint density at radius 2 is 2.10 bits per heavy atom. The Balaban J connectivity index is 2.01. The van der Waals surface area contributed by atoms with Gasteiger partial charge in [-0.2, -0.15) is 5.10 Å². The first-order valence-corrected chi connectivity index (χ1v) is 6.05. The summed E-state index contributed by atoms with van der Waals surface area (Å²) in [5.74, 6) is -0.557. The van der Waals surface area contributed by atoms with Crippen LogP contribution in [0.1, 0.15) is 21.7 Å². The number of amides is 1. The summed E-state index contributed by atoms with van der Waals surface area (Å²) in [5, 5.41) is 4.24. The maximum atomic E-state index is 11.5. The van der Waals surface area contributed by atoms with Crippen molar-refractivity contribution in [2.45, 2.75) is 6.42 Å². The number of oxazole rings is 1.